The zero-order valence-corrected chi connectivity index (χ0v) is 9.66. The van der Waals surface area contributed by atoms with Crippen molar-refractivity contribution in [1.29, 1.82) is 0 Å². The summed E-state index contributed by atoms with van der Waals surface area (Å²) >= 11 is 0. The summed E-state index contributed by atoms with van der Waals surface area (Å²) in [7, 11) is 1.89. The van der Waals surface area contributed by atoms with Gasteiger partial charge in [-0.3, -0.25) is 9.48 Å². The molecule has 0 aromatic carbocycles. The smallest absolute Gasteiger partial charge is 0.236 e. The summed E-state index contributed by atoms with van der Waals surface area (Å²) in [5.41, 5.74) is 8.52. The Balaban J connectivity index is 2.69. The Morgan fingerprint density at radius 2 is 2.20 bits per heavy atom. The zero-order chi connectivity index (χ0) is 11.6. The maximum absolute atomic E-state index is 11.3. The van der Waals surface area contributed by atoms with Gasteiger partial charge < -0.3 is 11.1 Å². The van der Waals surface area contributed by atoms with Crippen molar-refractivity contribution >= 4 is 5.91 Å². The van der Waals surface area contributed by atoms with Crippen LogP contribution in [0.3, 0.4) is 0 Å². The third kappa shape index (κ3) is 2.56. The lowest BCUT2D eigenvalue weighted by atomic mass is 10.2. The van der Waals surface area contributed by atoms with Crippen LogP contribution in [0.5, 0.6) is 0 Å². The number of hydrogen-bond donors (Lipinski definition) is 2. The van der Waals surface area contributed by atoms with Gasteiger partial charge in [0.15, 0.2) is 0 Å². The second kappa shape index (κ2) is 4.44. The molecule has 1 amide bonds. The maximum atomic E-state index is 11.3. The first kappa shape index (κ1) is 11.7. The van der Waals surface area contributed by atoms with Gasteiger partial charge in [-0.2, -0.15) is 5.10 Å². The summed E-state index contributed by atoms with van der Waals surface area (Å²) in [6.45, 7) is 6.07. The second-order valence-corrected chi connectivity index (χ2v) is 3.78. The first-order chi connectivity index (χ1) is 6.93. The number of rotatable bonds is 3. The quantitative estimate of drug-likeness (QED) is 0.737. The van der Waals surface area contributed by atoms with Gasteiger partial charge in [0.25, 0.3) is 0 Å². The second-order valence-electron chi connectivity index (χ2n) is 3.78. The molecule has 1 aromatic heterocycles. The van der Waals surface area contributed by atoms with E-state index >= 15 is 0 Å². The van der Waals surface area contributed by atoms with E-state index in [1.165, 1.54) is 0 Å². The Labute approximate surface area is 89.6 Å². The molecule has 3 N–H and O–H groups in total. The molecule has 0 spiro atoms. The number of carbonyl (C=O) groups excluding carboxylic acids is 1. The Bertz CT molecular complexity index is 368. The number of aryl methyl sites for hydroxylation is 2. The lowest BCUT2D eigenvalue weighted by Gasteiger charge is -2.07. The molecule has 1 aromatic rings. The van der Waals surface area contributed by atoms with Crippen molar-refractivity contribution in [3.8, 4) is 0 Å². The average Bonchev–Trinajstić information content (AvgIpc) is 2.38. The topological polar surface area (TPSA) is 72.9 Å². The molecular weight excluding hydrogens is 192 g/mol. The largest absolute Gasteiger partial charge is 0.351 e. The van der Waals surface area contributed by atoms with Crippen LogP contribution in [0.25, 0.3) is 0 Å². The fraction of sp³-hybridized carbons (Fsp3) is 0.600. The molecule has 84 valence electrons. The standard InChI is InChI=1S/C10H18N4O/c1-6(11)10(15)12-5-9-7(2)13-14(4)8(9)3/h6H,5,11H2,1-4H3,(H,12,15)/t6-/m1/s1. The van der Waals surface area contributed by atoms with Crippen LogP contribution in [0.2, 0.25) is 0 Å². The highest BCUT2D eigenvalue weighted by Crippen LogP contribution is 2.10. The predicted molar refractivity (Wildman–Crippen MR) is 58.2 cm³/mol. The van der Waals surface area contributed by atoms with E-state index in [4.69, 9.17) is 5.73 Å². The van der Waals surface area contributed by atoms with Crippen molar-refractivity contribution in [2.75, 3.05) is 0 Å². The Hall–Kier alpha value is -1.36. The van der Waals surface area contributed by atoms with Crippen LogP contribution in [-0.2, 0) is 18.4 Å². The first-order valence-electron chi connectivity index (χ1n) is 4.96. The van der Waals surface area contributed by atoms with Crippen molar-refractivity contribution < 1.29 is 4.79 Å². The fourth-order valence-electron chi connectivity index (χ4n) is 1.41. The first-order valence-corrected chi connectivity index (χ1v) is 4.96. The van der Waals surface area contributed by atoms with Gasteiger partial charge in [-0.25, -0.2) is 0 Å². The van der Waals surface area contributed by atoms with E-state index < -0.39 is 6.04 Å². The average molecular weight is 210 g/mol. The molecular formula is C10H18N4O. The summed E-state index contributed by atoms with van der Waals surface area (Å²) in [6, 6.07) is -0.470. The summed E-state index contributed by atoms with van der Waals surface area (Å²) in [5.74, 6) is -0.141. The molecule has 1 rings (SSSR count). The van der Waals surface area contributed by atoms with Gasteiger partial charge in [-0.15, -0.1) is 0 Å². The van der Waals surface area contributed by atoms with E-state index in [-0.39, 0.29) is 5.91 Å². The van der Waals surface area contributed by atoms with Crippen molar-refractivity contribution in [2.45, 2.75) is 33.4 Å². The molecule has 5 heteroatoms. The van der Waals surface area contributed by atoms with Crippen molar-refractivity contribution in [3.05, 3.63) is 17.0 Å². The molecule has 0 aliphatic carbocycles. The van der Waals surface area contributed by atoms with Crippen molar-refractivity contribution in [1.82, 2.24) is 15.1 Å². The molecule has 0 unspecified atom stereocenters. The van der Waals surface area contributed by atoms with Crippen LogP contribution in [0.1, 0.15) is 23.9 Å². The van der Waals surface area contributed by atoms with E-state index in [9.17, 15) is 4.79 Å². The van der Waals surface area contributed by atoms with Crippen LogP contribution in [0.15, 0.2) is 0 Å². The van der Waals surface area contributed by atoms with Crippen molar-refractivity contribution in [2.24, 2.45) is 12.8 Å². The summed E-state index contributed by atoms with van der Waals surface area (Å²) in [6.07, 6.45) is 0. The molecule has 0 saturated heterocycles. The summed E-state index contributed by atoms with van der Waals surface area (Å²) < 4.78 is 1.81. The number of nitrogens with one attached hydrogen (secondary N) is 1. The third-order valence-corrected chi connectivity index (χ3v) is 2.51. The molecule has 0 saturated carbocycles. The van der Waals surface area contributed by atoms with Crippen LogP contribution >= 0.6 is 0 Å². The lowest BCUT2D eigenvalue weighted by molar-refractivity contribution is -0.122. The fourth-order valence-corrected chi connectivity index (χ4v) is 1.41. The van der Waals surface area contributed by atoms with Gasteiger partial charge in [0.1, 0.15) is 0 Å². The van der Waals surface area contributed by atoms with Gasteiger partial charge in [0.2, 0.25) is 5.91 Å². The van der Waals surface area contributed by atoms with Gasteiger partial charge in [0, 0.05) is 24.8 Å². The maximum Gasteiger partial charge on any atom is 0.236 e. The molecule has 1 heterocycles. The van der Waals surface area contributed by atoms with Crippen LogP contribution in [0, 0.1) is 13.8 Å². The number of amides is 1. The third-order valence-electron chi connectivity index (χ3n) is 2.51. The number of carbonyl (C=O) groups is 1. The molecule has 0 radical (unpaired) electrons. The highest BCUT2D eigenvalue weighted by atomic mass is 16.2. The van der Waals surface area contributed by atoms with E-state index in [1.54, 1.807) is 6.92 Å². The minimum atomic E-state index is -0.470. The predicted octanol–water partition coefficient (Wildman–Crippen LogP) is 0.000340. The number of nitrogens with zero attached hydrogens (tertiary/aromatic N) is 2. The molecule has 0 fully saturated rings. The number of nitrogens with two attached hydrogens (primary N) is 1. The van der Waals surface area contributed by atoms with Gasteiger partial charge in [-0.1, -0.05) is 0 Å². The molecule has 5 nitrogen and oxygen atoms in total. The summed E-state index contributed by atoms with van der Waals surface area (Å²) in [4.78, 5) is 11.3. The normalized spacial score (nSPS) is 12.6. The highest BCUT2D eigenvalue weighted by Gasteiger charge is 2.11. The monoisotopic (exact) mass is 210 g/mol. The highest BCUT2D eigenvalue weighted by molar-refractivity contribution is 5.80. The number of hydrogen-bond acceptors (Lipinski definition) is 3. The molecule has 15 heavy (non-hydrogen) atoms. The van der Waals surface area contributed by atoms with E-state index in [0.29, 0.717) is 6.54 Å². The molecule has 0 aliphatic heterocycles. The van der Waals surface area contributed by atoms with E-state index in [0.717, 1.165) is 17.0 Å². The SMILES string of the molecule is Cc1nn(C)c(C)c1CNC(=O)[C@@H](C)N. The van der Waals surface area contributed by atoms with Gasteiger partial charge in [0.05, 0.1) is 11.7 Å². The van der Waals surface area contributed by atoms with Crippen LogP contribution in [0.4, 0.5) is 0 Å². The van der Waals surface area contributed by atoms with Crippen LogP contribution in [-0.4, -0.2) is 21.7 Å². The van der Waals surface area contributed by atoms with Crippen LogP contribution < -0.4 is 11.1 Å². The number of aromatic nitrogens is 2. The lowest BCUT2D eigenvalue weighted by Crippen LogP contribution is -2.38. The Kier molecular flexibility index (Phi) is 3.47. The van der Waals surface area contributed by atoms with Gasteiger partial charge in [-0.05, 0) is 20.8 Å². The Morgan fingerprint density at radius 3 is 2.60 bits per heavy atom. The van der Waals surface area contributed by atoms with E-state index in [1.807, 2.05) is 25.6 Å². The van der Waals surface area contributed by atoms with Gasteiger partial charge >= 0.3 is 0 Å². The Morgan fingerprint density at radius 1 is 1.60 bits per heavy atom. The minimum absolute atomic E-state index is 0.141. The minimum Gasteiger partial charge on any atom is -0.351 e. The summed E-state index contributed by atoms with van der Waals surface area (Å²) in [5, 5.41) is 7.04. The van der Waals surface area contributed by atoms with Crippen molar-refractivity contribution in [3.63, 3.8) is 0 Å². The van der Waals surface area contributed by atoms with E-state index in [2.05, 4.69) is 10.4 Å². The molecule has 0 aliphatic rings. The molecule has 1 atom stereocenters. The molecule has 0 bridgehead atoms. The zero-order valence-electron chi connectivity index (χ0n) is 9.66.